The van der Waals surface area contributed by atoms with E-state index < -0.39 is 31.7 Å². The lowest BCUT2D eigenvalue weighted by Gasteiger charge is -2.31. The summed E-state index contributed by atoms with van der Waals surface area (Å²) in [5.74, 6) is -2.42. The van der Waals surface area contributed by atoms with Gasteiger partial charge in [-0.2, -0.15) is 0 Å². The van der Waals surface area contributed by atoms with E-state index in [-0.39, 0.29) is 29.0 Å². The molecule has 3 aliphatic heterocycles. The molecule has 1 saturated carbocycles. The molecular weight excluding hydrogens is 358 g/mol. The number of carbonyl (C=O) groups excluding carboxylic acids is 2. The van der Waals surface area contributed by atoms with Crippen molar-refractivity contribution < 1.29 is 37.9 Å². The Bertz CT molecular complexity index is 743. The predicted octanol–water partition coefficient (Wildman–Crippen LogP) is 2.03. The number of ether oxygens (including phenoxy) is 3. The van der Waals surface area contributed by atoms with E-state index in [0.717, 1.165) is 12.8 Å². The Labute approximate surface area is 155 Å². The normalized spacial score (nSPS) is 24.1. The van der Waals surface area contributed by atoms with Gasteiger partial charge in [-0.25, -0.2) is 9.18 Å². The summed E-state index contributed by atoms with van der Waals surface area (Å²) < 4.78 is 34.9. The summed E-state index contributed by atoms with van der Waals surface area (Å²) in [6.07, 6.45) is 2.58. The number of halogens is 1. The van der Waals surface area contributed by atoms with Crippen LogP contribution in [0, 0.1) is 11.7 Å². The van der Waals surface area contributed by atoms with Crippen molar-refractivity contribution in [3.8, 4) is 5.75 Å². The monoisotopic (exact) mass is 378 g/mol. The van der Waals surface area contributed by atoms with Crippen LogP contribution in [-0.2, 0) is 19.0 Å². The minimum absolute atomic E-state index is 0.0187. The third kappa shape index (κ3) is 3.53. The first kappa shape index (κ1) is 18.2. The summed E-state index contributed by atoms with van der Waals surface area (Å²) in [6.45, 7) is 0.373. The number of rotatable bonds is 4. The maximum absolute atomic E-state index is 14.3. The summed E-state index contributed by atoms with van der Waals surface area (Å²) in [7, 11) is -1.08. The molecular formula is C18H20BFO7. The van der Waals surface area contributed by atoms with Gasteiger partial charge in [0.2, 0.25) is 6.79 Å². The first-order valence-electron chi connectivity index (χ1n) is 9.13. The van der Waals surface area contributed by atoms with Crippen LogP contribution in [0.1, 0.15) is 47.5 Å². The summed E-state index contributed by atoms with van der Waals surface area (Å²) in [6, 6.07) is 2.77. The van der Waals surface area contributed by atoms with Crippen LogP contribution in [0.4, 0.5) is 4.39 Å². The lowest BCUT2D eigenvalue weighted by atomic mass is 9.56. The zero-order chi connectivity index (χ0) is 19.0. The Balaban J connectivity index is 1.43. The van der Waals surface area contributed by atoms with Gasteiger partial charge in [-0.05, 0) is 43.2 Å². The first-order valence-corrected chi connectivity index (χ1v) is 9.13. The van der Waals surface area contributed by atoms with Gasteiger partial charge in [0.15, 0.2) is 0 Å². The van der Waals surface area contributed by atoms with Gasteiger partial charge in [-0.3, -0.25) is 4.79 Å². The number of benzene rings is 1. The van der Waals surface area contributed by atoms with Crippen LogP contribution in [0.25, 0.3) is 0 Å². The molecule has 3 heterocycles. The van der Waals surface area contributed by atoms with Crippen molar-refractivity contribution in [2.45, 2.75) is 37.4 Å². The van der Waals surface area contributed by atoms with Gasteiger partial charge in [0.25, 0.3) is 0 Å². The first-order chi connectivity index (χ1) is 13.0. The Hall–Kier alpha value is -2.13. The lowest BCUT2D eigenvalue weighted by Crippen LogP contribution is -2.32. The van der Waals surface area contributed by atoms with Gasteiger partial charge in [0, 0.05) is 19.0 Å². The van der Waals surface area contributed by atoms with Crippen LogP contribution >= 0.6 is 0 Å². The van der Waals surface area contributed by atoms with E-state index in [1.165, 1.54) is 6.07 Å². The fourth-order valence-corrected chi connectivity index (χ4v) is 3.84. The molecule has 27 heavy (non-hydrogen) atoms. The molecule has 9 heteroatoms. The molecule has 0 amide bonds. The number of esters is 2. The summed E-state index contributed by atoms with van der Waals surface area (Å²) >= 11 is 0. The Morgan fingerprint density at radius 1 is 1.22 bits per heavy atom. The van der Waals surface area contributed by atoms with E-state index >= 15 is 0 Å². The number of hydrogen-bond donors (Lipinski definition) is 1. The molecule has 4 aliphatic rings. The van der Waals surface area contributed by atoms with Crippen molar-refractivity contribution in [3.63, 3.8) is 0 Å². The Morgan fingerprint density at radius 2 is 1.96 bits per heavy atom. The second-order valence-corrected chi connectivity index (χ2v) is 7.18. The maximum Gasteiger partial charge on any atom is 0.525 e. The average Bonchev–Trinajstić information content (AvgIpc) is 2.85. The molecule has 0 radical (unpaired) electrons. The van der Waals surface area contributed by atoms with Crippen LogP contribution in [-0.4, -0.2) is 44.1 Å². The van der Waals surface area contributed by atoms with E-state index in [2.05, 4.69) is 0 Å². The predicted molar refractivity (Wildman–Crippen MR) is 90.6 cm³/mol. The standard InChI is InChI=1S/C18H20BFO7/c20-14-2-1-13-11-7-12(8-11)19(23)27-16(13)15(14)18(22)26-9-25-17(21)10-3-5-24-6-4-10/h1-2,10-12,23H,3-9H2. The minimum Gasteiger partial charge on any atom is -0.535 e. The Morgan fingerprint density at radius 3 is 2.70 bits per heavy atom. The van der Waals surface area contributed by atoms with E-state index in [1.54, 1.807) is 6.07 Å². The van der Waals surface area contributed by atoms with Crippen LogP contribution in [0.2, 0.25) is 5.82 Å². The summed E-state index contributed by atoms with van der Waals surface area (Å²) in [5.41, 5.74) is 0.316. The van der Waals surface area contributed by atoms with Gasteiger partial charge in [-0.1, -0.05) is 6.07 Å². The molecule has 0 aromatic heterocycles. The van der Waals surface area contributed by atoms with Crippen molar-refractivity contribution >= 4 is 19.1 Å². The van der Waals surface area contributed by atoms with Gasteiger partial charge in [-0.15, -0.1) is 0 Å². The molecule has 1 aromatic rings. The number of hydrogen-bond acceptors (Lipinski definition) is 7. The van der Waals surface area contributed by atoms with E-state index in [1.807, 2.05) is 0 Å². The third-order valence-electron chi connectivity index (χ3n) is 5.54. The van der Waals surface area contributed by atoms with Crippen molar-refractivity contribution in [2.24, 2.45) is 5.92 Å². The topological polar surface area (TPSA) is 91.3 Å². The van der Waals surface area contributed by atoms with Crippen LogP contribution < -0.4 is 4.65 Å². The molecule has 144 valence electrons. The minimum atomic E-state index is -1.08. The molecule has 0 atom stereocenters. The van der Waals surface area contributed by atoms with Gasteiger partial charge < -0.3 is 23.9 Å². The van der Waals surface area contributed by atoms with E-state index in [4.69, 9.17) is 18.9 Å². The van der Waals surface area contributed by atoms with Crippen LogP contribution in [0.3, 0.4) is 0 Å². The molecule has 5 rings (SSSR count). The smallest absolute Gasteiger partial charge is 0.525 e. The highest BCUT2D eigenvalue weighted by molar-refractivity contribution is 6.46. The maximum atomic E-state index is 14.3. The second kappa shape index (κ2) is 7.48. The zero-order valence-electron chi connectivity index (χ0n) is 14.7. The van der Waals surface area contributed by atoms with Crippen molar-refractivity contribution in [1.29, 1.82) is 0 Å². The molecule has 0 spiro atoms. The second-order valence-electron chi connectivity index (χ2n) is 7.18. The molecule has 0 unspecified atom stereocenters. The molecule has 1 saturated heterocycles. The van der Waals surface area contributed by atoms with Crippen LogP contribution in [0.15, 0.2) is 12.1 Å². The highest BCUT2D eigenvalue weighted by Crippen LogP contribution is 2.53. The molecule has 1 aromatic carbocycles. The van der Waals surface area contributed by atoms with Gasteiger partial charge >= 0.3 is 19.1 Å². The van der Waals surface area contributed by atoms with Crippen molar-refractivity contribution in [1.82, 2.24) is 0 Å². The third-order valence-corrected chi connectivity index (χ3v) is 5.54. The van der Waals surface area contributed by atoms with E-state index in [9.17, 15) is 19.0 Å². The summed E-state index contributed by atoms with van der Waals surface area (Å²) in [4.78, 5) is 24.4. The number of fused-ring (bicyclic) bond motifs is 1. The molecule has 1 N–H and O–H groups in total. The Kier molecular flexibility index (Phi) is 5.05. The van der Waals surface area contributed by atoms with E-state index in [0.29, 0.717) is 31.6 Å². The molecule has 1 aliphatic carbocycles. The largest absolute Gasteiger partial charge is 0.535 e. The SMILES string of the molecule is O=C(OCOC(=O)C1CCOCC1)c1c(F)ccc2c1OB(O)C1CC2C1. The van der Waals surface area contributed by atoms with Crippen molar-refractivity contribution in [3.05, 3.63) is 29.1 Å². The summed E-state index contributed by atoms with van der Waals surface area (Å²) in [5, 5.41) is 10.1. The number of carbonyl (C=O) groups is 2. The molecule has 7 nitrogen and oxygen atoms in total. The lowest BCUT2D eigenvalue weighted by molar-refractivity contribution is -0.160. The molecule has 2 fully saturated rings. The fourth-order valence-electron chi connectivity index (χ4n) is 3.84. The quantitative estimate of drug-likeness (QED) is 0.487. The highest BCUT2D eigenvalue weighted by Gasteiger charge is 2.46. The average molecular weight is 378 g/mol. The molecule has 2 bridgehead atoms. The highest BCUT2D eigenvalue weighted by atomic mass is 19.1. The zero-order valence-corrected chi connectivity index (χ0v) is 14.7. The fraction of sp³-hybridized carbons (Fsp3) is 0.556. The van der Waals surface area contributed by atoms with Crippen LogP contribution in [0.5, 0.6) is 5.75 Å². The van der Waals surface area contributed by atoms with Gasteiger partial charge in [0.1, 0.15) is 17.1 Å². The van der Waals surface area contributed by atoms with Crippen molar-refractivity contribution in [2.75, 3.05) is 20.0 Å². The van der Waals surface area contributed by atoms with Gasteiger partial charge in [0.05, 0.1) is 5.92 Å².